The van der Waals surface area contributed by atoms with Gasteiger partial charge in [-0.05, 0) is 18.2 Å². The number of hydrogen-bond acceptors (Lipinski definition) is 6. The minimum atomic E-state index is -0.106. The monoisotopic (exact) mass is 302 g/mol. The van der Waals surface area contributed by atoms with Gasteiger partial charge in [-0.3, -0.25) is 4.79 Å². The van der Waals surface area contributed by atoms with Crippen LogP contribution in [-0.2, 0) is 0 Å². The highest BCUT2D eigenvalue weighted by Gasteiger charge is 2.29. The molecule has 2 aromatic rings. The molecule has 1 saturated heterocycles. The topological polar surface area (TPSA) is 71.7 Å². The molecule has 2 aromatic heterocycles. The van der Waals surface area contributed by atoms with Gasteiger partial charge in [0.1, 0.15) is 6.10 Å². The van der Waals surface area contributed by atoms with Crippen molar-refractivity contribution in [1.29, 1.82) is 0 Å². The average Bonchev–Trinajstić information content (AvgIpc) is 3.19. The Bertz CT molecular complexity index is 625. The predicted octanol–water partition coefficient (Wildman–Crippen LogP) is 1.43. The van der Waals surface area contributed by atoms with Crippen LogP contribution >= 0.6 is 0 Å². The Kier molecular flexibility index (Phi) is 3.95. The molecule has 1 amide bonds. The fraction of sp³-hybridized carbons (Fsp3) is 0.400. The van der Waals surface area contributed by atoms with Gasteiger partial charge in [0, 0.05) is 33.1 Å². The number of aromatic nitrogens is 2. The Hall–Kier alpha value is -2.57. The third-order valence-electron chi connectivity index (χ3n) is 3.54. The van der Waals surface area contributed by atoms with Gasteiger partial charge in [0.25, 0.3) is 5.91 Å². The number of amides is 1. The van der Waals surface area contributed by atoms with E-state index in [-0.39, 0.29) is 12.0 Å². The SMILES string of the molecule is CN(C)c1ccc(OC2CCN(C(=O)c3ccco3)C2)nn1. The quantitative estimate of drug-likeness (QED) is 0.851. The van der Waals surface area contributed by atoms with Crippen LogP contribution in [0.15, 0.2) is 34.9 Å². The Morgan fingerprint density at radius 1 is 1.36 bits per heavy atom. The zero-order valence-corrected chi connectivity index (χ0v) is 12.6. The summed E-state index contributed by atoms with van der Waals surface area (Å²) < 4.78 is 10.9. The van der Waals surface area contributed by atoms with Gasteiger partial charge in [-0.25, -0.2) is 0 Å². The minimum Gasteiger partial charge on any atom is -0.471 e. The van der Waals surface area contributed by atoms with E-state index in [1.54, 1.807) is 23.1 Å². The molecule has 1 unspecified atom stereocenters. The van der Waals surface area contributed by atoms with Crippen molar-refractivity contribution in [1.82, 2.24) is 15.1 Å². The van der Waals surface area contributed by atoms with Gasteiger partial charge in [-0.15, -0.1) is 10.2 Å². The first-order valence-electron chi connectivity index (χ1n) is 7.14. The second kappa shape index (κ2) is 6.05. The molecule has 3 rings (SSSR count). The lowest BCUT2D eigenvalue weighted by molar-refractivity contribution is 0.0739. The number of likely N-dealkylation sites (tertiary alicyclic amines) is 1. The van der Waals surface area contributed by atoms with Crippen molar-refractivity contribution < 1.29 is 13.9 Å². The van der Waals surface area contributed by atoms with Crippen molar-refractivity contribution in [3.8, 4) is 5.88 Å². The summed E-state index contributed by atoms with van der Waals surface area (Å²) in [7, 11) is 3.80. The predicted molar refractivity (Wildman–Crippen MR) is 80.0 cm³/mol. The molecule has 0 radical (unpaired) electrons. The molecule has 0 spiro atoms. The van der Waals surface area contributed by atoms with E-state index in [1.165, 1.54) is 6.26 Å². The van der Waals surface area contributed by atoms with Crippen LogP contribution in [0.3, 0.4) is 0 Å². The number of anilines is 1. The van der Waals surface area contributed by atoms with Crippen LogP contribution < -0.4 is 9.64 Å². The number of carbonyl (C=O) groups is 1. The van der Waals surface area contributed by atoms with E-state index in [2.05, 4.69) is 10.2 Å². The van der Waals surface area contributed by atoms with Crippen LogP contribution in [0.2, 0.25) is 0 Å². The maximum absolute atomic E-state index is 12.2. The van der Waals surface area contributed by atoms with E-state index >= 15 is 0 Å². The summed E-state index contributed by atoms with van der Waals surface area (Å²) in [4.78, 5) is 15.8. The molecule has 1 fully saturated rings. The van der Waals surface area contributed by atoms with E-state index in [9.17, 15) is 4.79 Å². The smallest absolute Gasteiger partial charge is 0.289 e. The lowest BCUT2D eigenvalue weighted by Gasteiger charge is -2.16. The number of rotatable bonds is 4. The highest BCUT2D eigenvalue weighted by molar-refractivity contribution is 5.91. The van der Waals surface area contributed by atoms with Crippen molar-refractivity contribution >= 4 is 11.7 Å². The van der Waals surface area contributed by atoms with Crippen LogP contribution in [-0.4, -0.2) is 54.3 Å². The number of ether oxygens (including phenoxy) is 1. The molecular weight excluding hydrogens is 284 g/mol. The maximum Gasteiger partial charge on any atom is 0.289 e. The molecule has 0 saturated carbocycles. The third-order valence-corrected chi connectivity index (χ3v) is 3.54. The summed E-state index contributed by atoms with van der Waals surface area (Å²) in [6.45, 7) is 1.17. The summed E-state index contributed by atoms with van der Waals surface area (Å²) in [6.07, 6.45) is 2.20. The molecule has 0 bridgehead atoms. The molecular formula is C15H18N4O3. The van der Waals surface area contributed by atoms with Crippen LogP contribution in [0.4, 0.5) is 5.82 Å². The van der Waals surface area contributed by atoms with E-state index in [0.29, 0.717) is 24.7 Å². The first kappa shape index (κ1) is 14.4. The van der Waals surface area contributed by atoms with Gasteiger partial charge in [0.15, 0.2) is 11.6 Å². The second-order valence-electron chi connectivity index (χ2n) is 5.38. The fourth-order valence-electron chi connectivity index (χ4n) is 2.35. The molecule has 7 heteroatoms. The van der Waals surface area contributed by atoms with E-state index in [4.69, 9.17) is 9.15 Å². The first-order chi connectivity index (χ1) is 10.6. The molecule has 7 nitrogen and oxygen atoms in total. The molecule has 0 aliphatic carbocycles. The summed E-state index contributed by atoms with van der Waals surface area (Å²) in [5.41, 5.74) is 0. The molecule has 1 aliphatic rings. The number of nitrogens with zero attached hydrogens (tertiary/aromatic N) is 4. The summed E-state index contributed by atoms with van der Waals surface area (Å²) in [5.74, 6) is 1.50. The van der Waals surface area contributed by atoms with Crippen molar-refractivity contribution in [2.24, 2.45) is 0 Å². The summed E-state index contributed by atoms with van der Waals surface area (Å²) in [6, 6.07) is 7.02. The zero-order valence-electron chi connectivity index (χ0n) is 12.6. The number of furan rings is 1. The molecule has 3 heterocycles. The molecule has 22 heavy (non-hydrogen) atoms. The third kappa shape index (κ3) is 3.03. The van der Waals surface area contributed by atoms with Gasteiger partial charge >= 0.3 is 0 Å². The Labute approximate surface area is 128 Å². The van der Waals surface area contributed by atoms with Gasteiger partial charge in [-0.1, -0.05) is 0 Å². The number of carbonyl (C=O) groups excluding carboxylic acids is 1. The molecule has 116 valence electrons. The molecule has 1 aliphatic heterocycles. The molecule has 0 N–H and O–H groups in total. The van der Waals surface area contributed by atoms with Crippen molar-refractivity contribution in [3.63, 3.8) is 0 Å². The van der Waals surface area contributed by atoms with Gasteiger partial charge in [-0.2, -0.15) is 0 Å². The van der Waals surface area contributed by atoms with Crippen LogP contribution in [0.25, 0.3) is 0 Å². The van der Waals surface area contributed by atoms with Crippen LogP contribution in [0.5, 0.6) is 5.88 Å². The number of hydrogen-bond donors (Lipinski definition) is 0. The minimum absolute atomic E-state index is 0.0709. The van der Waals surface area contributed by atoms with Gasteiger partial charge in [0.05, 0.1) is 12.8 Å². The van der Waals surface area contributed by atoms with Crippen LogP contribution in [0, 0.1) is 0 Å². The van der Waals surface area contributed by atoms with E-state index < -0.39 is 0 Å². The summed E-state index contributed by atoms with van der Waals surface area (Å²) in [5, 5.41) is 8.12. The lowest BCUT2D eigenvalue weighted by atomic mass is 10.3. The highest BCUT2D eigenvalue weighted by atomic mass is 16.5. The second-order valence-corrected chi connectivity index (χ2v) is 5.38. The van der Waals surface area contributed by atoms with Gasteiger partial charge in [0.2, 0.25) is 5.88 Å². The largest absolute Gasteiger partial charge is 0.471 e. The molecule has 1 atom stereocenters. The Morgan fingerprint density at radius 2 is 2.23 bits per heavy atom. The Balaban J connectivity index is 1.58. The molecule has 0 aromatic carbocycles. The Morgan fingerprint density at radius 3 is 2.86 bits per heavy atom. The maximum atomic E-state index is 12.2. The highest BCUT2D eigenvalue weighted by Crippen LogP contribution is 2.19. The van der Waals surface area contributed by atoms with E-state index in [1.807, 2.05) is 25.1 Å². The lowest BCUT2D eigenvalue weighted by Crippen LogP contribution is -2.30. The fourth-order valence-corrected chi connectivity index (χ4v) is 2.35. The normalized spacial score (nSPS) is 17.5. The van der Waals surface area contributed by atoms with Crippen molar-refractivity contribution in [2.45, 2.75) is 12.5 Å². The van der Waals surface area contributed by atoms with Gasteiger partial charge < -0.3 is 19.0 Å². The van der Waals surface area contributed by atoms with Crippen molar-refractivity contribution in [3.05, 3.63) is 36.3 Å². The van der Waals surface area contributed by atoms with Crippen LogP contribution in [0.1, 0.15) is 17.0 Å². The zero-order chi connectivity index (χ0) is 15.5. The van der Waals surface area contributed by atoms with E-state index in [0.717, 1.165) is 12.2 Å². The average molecular weight is 302 g/mol. The first-order valence-corrected chi connectivity index (χ1v) is 7.14. The van der Waals surface area contributed by atoms with Crippen molar-refractivity contribution in [2.75, 3.05) is 32.1 Å². The summed E-state index contributed by atoms with van der Waals surface area (Å²) >= 11 is 0. The standard InChI is InChI=1S/C15H18N4O3/c1-18(2)13-5-6-14(17-16-13)22-11-7-8-19(10-11)15(20)12-4-3-9-21-12/h3-6,9,11H,7-8,10H2,1-2H3.